The van der Waals surface area contributed by atoms with Crippen LogP contribution >= 0.6 is 24.0 Å². The van der Waals surface area contributed by atoms with Gasteiger partial charge in [-0.15, -0.1) is 24.0 Å². The van der Waals surface area contributed by atoms with Crippen LogP contribution in [0.3, 0.4) is 0 Å². The lowest BCUT2D eigenvalue weighted by atomic mass is 9.46. The van der Waals surface area contributed by atoms with E-state index in [1.807, 2.05) is 38.2 Å². The van der Waals surface area contributed by atoms with Crippen LogP contribution in [0, 0.1) is 11.3 Å². The molecule has 3 fully saturated rings. The van der Waals surface area contributed by atoms with E-state index >= 15 is 0 Å². The van der Waals surface area contributed by atoms with Crippen LogP contribution in [-0.4, -0.2) is 51.5 Å². The number of benzene rings is 1. The molecule has 6 nitrogen and oxygen atoms in total. The third-order valence-electron chi connectivity index (χ3n) is 6.51. The molecule has 4 rings (SSSR count). The van der Waals surface area contributed by atoms with Gasteiger partial charge < -0.3 is 24.8 Å². The zero-order valence-corrected chi connectivity index (χ0v) is 19.3. The molecule has 4 atom stereocenters. The Hall–Kier alpha value is -1.22. The van der Waals surface area contributed by atoms with E-state index in [0.29, 0.717) is 30.0 Å². The van der Waals surface area contributed by atoms with Crippen LogP contribution in [0.5, 0.6) is 11.5 Å². The smallest absolute Gasteiger partial charge is 0.191 e. The Morgan fingerprint density at radius 1 is 1.32 bits per heavy atom. The molecule has 28 heavy (non-hydrogen) atoms. The number of aliphatic imine (C=N–C) groups is 1. The quantitative estimate of drug-likeness (QED) is 0.356. The van der Waals surface area contributed by atoms with Crippen molar-refractivity contribution >= 4 is 29.9 Å². The summed E-state index contributed by atoms with van der Waals surface area (Å²) >= 11 is 0. The standard InChI is InChI=1S/C21H31N3O3.HI/c1-14(27-17-8-5-4-7-16(17)25-3)13-23-20(22-2)24-18-15-9-12-26-19(15)21(18)10-6-11-21;/h4-5,7-8,14-15,18-19H,6,9-13H2,1-3H3,(H2,22,23,24);1H. The molecule has 2 N–H and O–H groups in total. The molecule has 7 heteroatoms. The van der Waals surface area contributed by atoms with Crippen LogP contribution in [0.15, 0.2) is 29.3 Å². The second kappa shape index (κ2) is 9.07. The summed E-state index contributed by atoms with van der Waals surface area (Å²) in [6.45, 7) is 3.62. The Bertz CT molecular complexity index is 695. The van der Waals surface area contributed by atoms with Gasteiger partial charge in [0.1, 0.15) is 6.10 Å². The summed E-state index contributed by atoms with van der Waals surface area (Å²) in [6, 6.07) is 8.21. The minimum Gasteiger partial charge on any atom is -0.493 e. The van der Waals surface area contributed by atoms with Gasteiger partial charge in [0.25, 0.3) is 0 Å². The first-order valence-corrected chi connectivity index (χ1v) is 10.1. The Balaban J connectivity index is 0.00000225. The summed E-state index contributed by atoms with van der Waals surface area (Å²) in [5, 5.41) is 7.11. The molecule has 2 saturated carbocycles. The first-order chi connectivity index (χ1) is 13.2. The predicted molar refractivity (Wildman–Crippen MR) is 121 cm³/mol. The van der Waals surface area contributed by atoms with Crippen molar-refractivity contribution in [2.45, 2.75) is 50.9 Å². The van der Waals surface area contributed by atoms with E-state index in [1.54, 1.807) is 7.11 Å². The van der Waals surface area contributed by atoms with E-state index in [2.05, 4.69) is 15.6 Å². The number of guanidine groups is 1. The van der Waals surface area contributed by atoms with Crippen molar-refractivity contribution in [3.8, 4) is 11.5 Å². The number of nitrogens with one attached hydrogen (secondary N) is 2. The van der Waals surface area contributed by atoms with Crippen LogP contribution in [0.25, 0.3) is 0 Å². The van der Waals surface area contributed by atoms with Gasteiger partial charge >= 0.3 is 0 Å². The number of methoxy groups -OCH3 is 1. The minimum absolute atomic E-state index is 0. The van der Waals surface area contributed by atoms with E-state index in [-0.39, 0.29) is 30.1 Å². The lowest BCUT2D eigenvalue weighted by Crippen LogP contribution is -2.72. The van der Waals surface area contributed by atoms with Crippen molar-refractivity contribution in [1.29, 1.82) is 0 Å². The highest BCUT2D eigenvalue weighted by molar-refractivity contribution is 14.0. The fourth-order valence-corrected chi connectivity index (χ4v) is 5.01. The third kappa shape index (κ3) is 3.79. The maximum Gasteiger partial charge on any atom is 0.191 e. The molecule has 0 aromatic heterocycles. The van der Waals surface area contributed by atoms with Crippen LogP contribution < -0.4 is 20.1 Å². The van der Waals surface area contributed by atoms with E-state index in [0.717, 1.165) is 30.5 Å². The molecule has 1 aromatic carbocycles. The lowest BCUT2D eigenvalue weighted by Gasteiger charge is -2.63. The summed E-state index contributed by atoms with van der Waals surface area (Å²) in [5.74, 6) is 2.99. The van der Waals surface area contributed by atoms with Crippen LogP contribution in [-0.2, 0) is 4.74 Å². The van der Waals surface area contributed by atoms with Crippen molar-refractivity contribution in [2.75, 3.05) is 27.3 Å². The molecule has 1 saturated heterocycles. The second-order valence-electron chi connectivity index (χ2n) is 7.99. The van der Waals surface area contributed by atoms with E-state index in [1.165, 1.54) is 19.3 Å². The largest absolute Gasteiger partial charge is 0.493 e. The van der Waals surface area contributed by atoms with Gasteiger partial charge in [-0.3, -0.25) is 4.99 Å². The Morgan fingerprint density at radius 2 is 2.07 bits per heavy atom. The van der Waals surface area contributed by atoms with Crippen LogP contribution in [0.4, 0.5) is 0 Å². The van der Waals surface area contributed by atoms with Gasteiger partial charge in [0.05, 0.1) is 19.8 Å². The average molecular weight is 501 g/mol. The molecule has 0 radical (unpaired) electrons. The number of para-hydroxylation sites is 2. The summed E-state index contributed by atoms with van der Waals surface area (Å²) in [6.07, 6.45) is 5.48. The number of ether oxygens (including phenoxy) is 3. The number of nitrogens with zero attached hydrogens (tertiary/aromatic N) is 1. The summed E-state index contributed by atoms with van der Waals surface area (Å²) in [4.78, 5) is 4.43. The number of fused-ring (bicyclic) bond motifs is 2. The molecular formula is C21H32IN3O3. The molecule has 1 heterocycles. The van der Waals surface area contributed by atoms with Gasteiger partial charge in [0.2, 0.25) is 0 Å². The zero-order chi connectivity index (χ0) is 18.9. The van der Waals surface area contributed by atoms with E-state index < -0.39 is 0 Å². The summed E-state index contributed by atoms with van der Waals surface area (Å²) < 4.78 is 17.4. The van der Waals surface area contributed by atoms with Crippen molar-refractivity contribution in [1.82, 2.24) is 10.6 Å². The molecule has 3 aliphatic rings. The normalized spacial score (nSPS) is 28.2. The number of rotatable bonds is 6. The Morgan fingerprint density at radius 3 is 2.71 bits per heavy atom. The molecule has 0 bridgehead atoms. The highest BCUT2D eigenvalue weighted by Crippen LogP contribution is 2.62. The van der Waals surface area contributed by atoms with Gasteiger partial charge in [-0.25, -0.2) is 0 Å². The number of halogens is 1. The number of hydrogen-bond acceptors (Lipinski definition) is 4. The first-order valence-electron chi connectivity index (χ1n) is 10.1. The highest BCUT2D eigenvalue weighted by Gasteiger charge is 2.66. The summed E-state index contributed by atoms with van der Waals surface area (Å²) in [7, 11) is 3.49. The van der Waals surface area contributed by atoms with E-state index in [4.69, 9.17) is 14.2 Å². The topological polar surface area (TPSA) is 64.1 Å². The molecule has 2 aliphatic carbocycles. The van der Waals surface area contributed by atoms with Gasteiger partial charge in [-0.2, -0.15) is 0 Å². The van der Waals surface area contributed by atoms with Crippen molar-refractivity contribution in [3.63, 3.8) is 0 Å². The molecule has 156 valence electrons. The molecule has 4 unspecified atom stereocenters. The van der Waals surface area contributed by atoms with Crippen molar-refractivity contribution in [2.24, 2.45) is 16.3 Å². The maximum atomic E-state index is 6.03. The fourth-order valence-electron chi connectivity index (χ4n) is 5.01. The predicted octanol–water partition coefficient (Wildman–Crippen LogP) is 3.20. The Kier molecular flexibility index (Phi) is 6.96. The average Bonchev–Trinajstić information content (AvgIpc) is 3.06. The Labute approximate surface area is 184 Å². The molecular weight excluding hydrogens is 469 g/mol. The molecule has 1 aliphatic heterocycles. The first kappa shape index (κ1) is 21.5. The molecule has 1 spiro atoms. The molecule has 1 aromatic rings. The second-order valence-corrected chi connectivity index (χ2v) is 7.99. The highest BCUT2D eigenvalue weighted by atomic mass is 127. The van der Waals surface area contributed by atoms with Crippen LogP contribution in [0.2, 0.25) is 0 Å². The minimum atomic E-state index is -0.0125. The van der Waals surface area contributed by atoms with Crippen molar-refractivity contribution < 1.29 is 14.2 Å². The molecule has 0 amide bonds. The monoisotopic (exact) mass is 501 g/mol. The van der Waals surface area contributed by atoms with Gasteiger partial charge in [-0.05, 0) is 38.3 Å². The van der Waals surface area contributed by atoms with Gasteiger partial charge in [0, 0.05) is 31.0 Å². The van der Waals surface area contributed by atoms with Gasteiger partial charge in [-0.1, -0.05) is 18.6 Å². The maximum absolute atomic E-state index is 6.03. The third-order valence-corrected chi connectivity index (χ3v) is 6.51. The fraction of sp³-hybridized carbons (Fsp3) is 0.667. The lowest BCUT2D eigenvalue weighted by molar-refractivity contribution is -0.171. The summed E-state index contributed by atoms with van der Waals surface area (Å²) in [5.41, 5.74) is 0.346. The van der Waals surface area contributed by atoms with Gasteiger partial charge in [0.15, 0.2) is 17.5 Å². The van der Waals surface area contributed by atoms with Crippen molar-refractivity contribution in [3.05, 3.63) is 24.3 Å². The SMILES string of the molecule is CN=C(NCC(C)Oc1ccccc1OC)NC1C2CCOC2C12CCC2.I. The zero-order valence-electron chi connectivity index (χ0n) is 16.9. The van der Waals surface area contributed by atoms with E-state index in [9.17, 15) is 0 Å². The van der Waals surface area contributed by atoms with Crippen LogP contribution in [0.1, 0.15) is 32.6 Å². The number of hydrogen-bond donors (Lipinski definition) is 2.